The molecule has 1 heterocycles. The molecular weight excluding hydrogens is 246 g/mol. The summed E-state index contributed by atoms with van der Waals surface area (Å²) >= 11 is 0. The third-order valence-corrected chi connectivity index (χ3v) is 2.63. The molecule has 0 bridgehead atoms. The lowest BCUT2D eigenvalue weighted by molar-refractivity contribution is -0.136. The molecule has 19 heavy (non-hydrogen) atoms. The molecule has 0 aliphatic rings. The minimum absolute atomic E-state index is 0.135. The van der Waals surface area contributed by atoms with Crippen LogP contribution in [-0.2, 0) is 16.0 Å². The number of carboxylic acids is 1. The Morgan fingerprint density at radius 1 is 1.47 bits per heavy atom. The van der Waals surface area contributed by atoms with Crippen LogP contribution < -0.4 is 11.1 Å². The largest absolute Gasteiger partial charge is 0.481 e. The summed E-state index contributed by atoms with van der Waals surface area (Å²) in [6, 6.07) is 2.66. The van der Waals surface area contributed by atoms with Gasteiger partial charge in [-0.1, -0.05) is 19.8 Å². The highest BCUT2D eigenvalue weighted by Crippen LogP contribution is 2.08. The predicted molar refractivity (Wildman–Crippen MR) is 71.7 cm³/mol. The Morgan fingerprint density at radius 2 is 2.21 bits per heavy atom. The SMILES string of the molecule is CCCCC(N)C(=O)Nc1ccc(CC(=O)O)nc1. The Hall–Kier alpha value is -1.95. The molecule has 1 unspecified atom stereocenters. The molecule has 6 nitrogen and oxygen atoms in total. The number of aromatic nitrogens is 1. The van der Waals surface area contributed by atoms with Gasteiger partial charge in [0, 0.05) is 0 Å². The maximum atomic E-state index is 11.7. The fourth-order valence-corrected chi connectivity index (χ4v) is 1.55. The van der Waals surface area contributed by atoms with Crippen molar-refractivity contribution in [3.05, 3.63) is 24.0 Å². The molecule has 0 saturated heterocycles. The zero-order valence-electron chi connectivity index (χ0n) is 10.9. The lowest BCUT2D eigenvalue weighted by atomic mass is 10.1. The Morgan fingerprint density at radius 3 is 2.74 bits per heavy atom. The average molecular weight is 265 g/mol. The smallest absolute Gasteiger partial charge is 0.309 e. The van der Waals surface area contributed by atoms with Crippen LogP contribution in [0.5, 0.6) is 0 Å². The van der Waals surface area contributed by atoms with Crippen molar-refractivity contribution in [1.82, 2.24) is 4.98 Å². The minimum atomic E-state index is -0.939. The fraction of sp³-hybridized carbons (Fsp3) is 0.462. The molecule has 0 aromatic carbocycles. The number of carboxylic acid groups (broad SMARTS) is 1. The van der Waals surface area contributed by atoms with Gasteiger partial charge in [-0.2, -0.15) is 0 Å². The van der Waals surface area contributed by atoms with Gasteiger partial charge in [-0.25, -0.2) is 0 Å². The van der Waals surface area contributed by atoms with E-state index >= 15 is 0 Å². The van der Waals surface area contributed by atoms with Gasteiger partial charge in [0.15, 0.2) is 0 Å². The van der Waals surface area contributed by atoms with E-state index in [4.69, 9.17) is 10.8 Å². The van der Waals surface area contributed by atoms with Crippen LogP contribution in [0.15, 0.2) is 18.3 Å². The van der Waals surface area contributed by atoms with Crippen molar-refractivity contribution in [2.75, 3.05) is 5.32 Å². The summed E-state index contributed by atoms with van der Waals surface area (Å²) in [7, 11) is 0. The molecule has 1 atom stereocenters. The van der Waals surface area contributed by atoms with Gasteiger partial charge in [-0.05, 0) is 18.6 Å². The van der Waals surface area contributed by atoms with Gasteiger partial charge in [-0.3, -0.25) is 14.6 Å². The van der Waals surface area contributed by atoms with Crippen molar-refractivity contribution in [2.45, 2.75) is 38.6 Å². The van der Waals surface area contributed by atoms with Crippen LogP contribution in [0, 0.1) is 0 Å². The first-order chi connectivity index (χ1) is 9.02. The lowest BCUT2D eigenvalue weighted by Crippen LogP contribution is -2.35. The number of carbonyl (C=O) groups is 2. The third-order valence-electron chi connectivity index (χ3n) is 2.63. The van der Waals surface area contributed by atoms with Crippen LogP contribution in [0.4, 0.5) is 5.69 Å². The number of pyridine rings is 1. The molecule has 1 rings (SSSR count). The normalized spacial score (nSPS) is 11.9. The van der Waals surface area contributed by atoms with E-state index in [1.807, 2.05) is 6.92 Å². The molecule has 1 amide bonds. The highest BCUT2D eigenvalue weighted by molar-refractivity contribution is 5.94. The number of unbranched alkanes of at least 4 members (excludes halogenated alkanes) is 1. The zero-order chi connectivity index (χ0) is 14.3. The van der Waals surface area contributed by atoms with E-state index in [1.165, 1.54) is 6.20 Å². The molecule has 0 aliphatic carbocycles. The number of nitrogens with zero attached hydrogens (tertiary/aromatic N) is 1. The van der Waals surface area contributed by atoms with Gasteiger partial charge in [0.2, 0.25) is 5.91 Å². The summed E-state index contributed by atoms with van der Waals surface area (Å²) in [5, 5.41) is 11.3. The molecule has 0 aliphatic heterocycles. The van der Waals surface area contributed by atoms with Gasteiger partial charge in [0.1, 0.15) is 0 Å². The van der Waals surface area contributed by atoms with E-state index in [0.717, 1.165) is 12.8 Å². The summed E-state index contributed by atoms with van der Waals surface area (Å²) in [6.07, 6.45) is 3.84. The third kappa shape index (κ3) is 5.48. The predicted octanol–water partition coefficient (Wildman–Crippen LogP) is 1.16. The van der Waals surface area contributed by atoms with Gasteiger partial charge in [0.05, 0.1) is 30.0 Å². The van der Waals surface area contributed by atoms with E-state index in [2.05, 4.69) is 10.3 Å². The Balaban J connectivity index is 2.52. The first-order valence-electron chi connectivity index (χ1n) is 6.26. The molecule has 1 aromatic heterocycles. The Kier molecular flexibility index (Phi) is 5.95. The fourth-order valence-electron chi connectivity index (χ4n) is 1.55. The Bertz CT molecular complexity index is 431. The number of hydrogen-bond donors (Lipinski definition) is 3. The molecular formula is C13H19N3O3. The number of carbonyl (C=O) groups excluding carboxylic acids is 1. The second kappa shape index (κ2) is 7.48. The van der Waals surface area contributed by atoms with E-state index in [1.54, 1.807) is 12.1 Å². The number of nitrogens with two attached hydrogens (primary N) is 1. The van der Waals surface area contributed by atoms with Gasteiger partial charge in [-0.15, -0.1) is 0 Å². The van der Waals surface area contributed by atoms with Crippen LogP contribution >= 0.6 is 0 Å². The summed E-state index contributed by atoms with van der Waals surface area (Å²) in [6.45, 7) is 2.04. The summed E-state index contributed by atoms with van der Waals surface area (Å²) in [4.78, 5) is 26.2. The quantitative estimate of drug-likeness (QED) is 0.686. The van der Waals surface area contributed by atoms with Crippen molar-refractivity contribution in [2.24, 2.45) is 5.73 Å². The molecule has 1 aromatic rings. The van der Waals surface area contributed by atoms with E-state index in [-0.39, 0.29) is 12.3 Å². The van der Waals surface area contributed by atoms with Gasteiger partial charge < -0.3 is 16.2 Å². The van der Waals surface area contributed by atoms with Crippen LogP contribution in [0.2, 0.25) is 0 Å². The maximum Gasteiger partial charge on any atom is 0.309 e. The number of nitrogens with one attached hydrogen (secondary N) is 1. The topological polar surface area (TPSA) is 105 Å². The lowest BCUT2D eigenvalue weighted by Gasteiger charge is -2.11. The molecule has 0 saturated carbocycles. The van der Waals surface area contributed by atoms with Crippen molar-refractivity contribution >= 4 is 17.6 Å². The van der Waals surface area contributed by atoms with Gasteiger partial charge >= 0.3 is 5.97 Å². The van der Waals surface area contributed by atoms with E-state index in [0.29, 0.717) is 17.8 Å². The number of aliphatic carboxylic acids is 1. The minimum Gasteiger partial charge on any atom is -0.481 e. The van der Waals surface area contributed by atoms with Crippen molar-refractivity contribution < 1.29 is 14.7 Å². The summed E-state index contributed by atoms with van der Waals surface area (Å²) < 4.78 is 0. The molecule has 0 spiro atoms. The highest BCUT2D eigenvalue weighted by atomic mass is 16.4. The van der Waals surface area contributed by atoms with Crippen molar-refractivity contribution in [1.29, 1.82) is 0 Å². The first kappa shape index (κ1) is 15.1. The Labute approximate surface area is 112 Å². The number of hydrogen-bond acceptors (Lipinski definition) is 4. The standard InChI is InChI=1S/C13H19N3O3/c1-2-3-4-11(14)13(19)16-10-6-5-9(15-8-10)7-12(17)18/h5-6,8,11H,2-4,7,14H2,1H3,(H,16,19)(H,17,18). The number of rotatable bonds is 7. The van der Waals surface area contributed by atoms with Crippen molar-refractivity contribution in [3.8, 4) is 0 Å². The van der Waals surface area contributed by atoms with Crippen LogP contribution in [0.3, 0.4) is 0 Å². The van der Waals surface area contributed by atoms with Crippen LogP contribution in [0.1, 0.15) is 31.9 Å². The zero-order valence-corrected chi connectivity index (χ0v) is 10.9. The molecule has 4 N–H and O–H groups in total. The summed E-state index contributed by atoms with van der Waals surface area (Å²) in [5.41, 5.74) is 6.70. The van der Waals surface area contributed by atoms with E-state index in [9.17, 15) is 9.59 Å². The van der Waals surface area contributed by atoms with Crippen LogP contribution in [-0.4, -0.2) is 28.0 Å². The van der Waals surface area contributed by atoms with E-state index < -0.39 is 12.0 Å². The molecule has 104 valence electrons. The number of anilines is 1. The van der Waals surface area contributed by atoms with Crippen LogP contribution in [0.25, 0.3) is 0 Å². The first-order valence-corrected chi connectivity index (χ1v) is 6.26. The summed E-state index contributed by atoms with van der Waals surface area (Å²) in [5.74, 6) is -1.19. The maximum absolute atomic E-state index is 11.7. The second-order valence-corrected chi connectivity index (χ2v) is 4.35. The second-order valence-electron chi connectivity index (χ2n) is 4.35. The van der Waals surface area contributed by atoms with Gasteiger partial charge in [0.25, 0.3) is 0 Å². The highest BCUT2D eigenvalue weighted by Gasteiger charge is 2.13. The monoisotopic (exact) mass is 265 g/mol. The number of amides is 1. The van der Waals surface area contributed by atoms with Crippen molar-refractivity contribution in [3.63, 3.8) is 0 Å². The molecule has 0 fully saturated rings. The molecule has 6 heteroatoms. The molecule has 0 radical (unpaired) electrons. The average Bonchev–Trinajstić information content (AvgIpc) is 2.37.